The Bertz CT molecular complexity index is 1500. The minimum Gasteiger partial charge on any atom is -0.451 e. The van der Waals surface area contributed by atoms with E-state index in [2.05, 4.69) is 5.10 Å². The smallest absolute Gasteiger partial charge is 0.311 e. The second-order valence-corrected chi connectivity index (χ2v) is 9.53. The zero-order chi connectivity index (χ0) is 28.4. The number of hydrogen-bond donors (Lipinski definition) is 0. The second-order valence-electron chi connectivity index (χ2n) is 9.53. The zero-order valence-electron chi connectivity index (χ0n) is 21.5. The fourth-order valence-electron chi connectivity index (χ4n) is 5.51. The molecule has 1 saturated heterocycles. The molecule has 5 rings (SSSR count). The maximum atomic E-state index is 15.4. The summed E-state index contributed by atoms with van der Waals surface area (Å²) in [5, 5.41) is 4.24. The van der Waals surface area contributed by atoms with Crippen molar-refractivity contribution < 1.29 is 37.0 Å². The molecule has 210 valence electrons. The lowest BCUT2D eigenvalue weighted by Gasteiger charge is -2.42. The van der Waals surface area contributed by atoms with Gasteiger partial charge in [-0.25, -0.2) is 13.2 Å². The van der Waals surface area contributed by atoms with E-state index in [0.29, 0.717) is 24.9 Å². The highest BCUT2D eigenvalue weighted by molar-refractivity contribution is 5.96. The van der Waals surface area contributed by atoms with E-state index in [1.165, 1.54) is 42.1 Å². The van der Waals surface area contributed by atoms with Crippen LogP contribution in [0.1, 0.15) is 52.8 Å². The molecule has 1 fully saturated rings. The van der Waals surface area contributed by atoms with Crippen LogP contribution >= 0.6 is 0 Å². The number of nitrogens with zero attached hydrogens (tertiary/aromatic N) is 3. The van der Waals surface area contributed by atoms with Gasteiger partial charge in [-0.1, -0.05) is 24.3 Å². The highest BCUT2D eigenvalue weighted by atomic mass is 19.2. The Morgan fingerprint density at radius 2 is 1.95 bits per heavy atom. The van der Waals surface area contributed by atoms with Crippen molar-refractivity contribution in [2.75, 3.05) is 27.1 Å². The Hall–Kier alpha value is -4.19. The van der Waals surface area contributed by atoms with Crippen LogP contribution in [0.5, 0.6) is 5.75 Å². The van der Waals surface area contributed by atoms with E-state index in [0.717, 1.165) is 12.3 Å². The molecule has 0 aliphatic carbocycles. The molecule has 0 spiro atoms. The van der Waals surface area contributed by atoms with Crippen LogP contribution in [0.4, 0.5) is 13.2 Å². The van der Waals surface area contributed by atoms with Crippen molar-refractivity contribution in [3.8, 4) is 5.75 Å². The number of methoxy groups -OCH3 is 1. The second kappa shape index (κ2) is 11.5. The van der Waals surface area contributed by atoms with Crippen molar-refractivity contribution in [2.45, 2.75) is 37.3 Å². The van der Waals surface area contributed by atoms with E-state index in [9.17, 15) is 23.2 Å². The Morgan fingerprint density at radius 1 is 1.15 bits per heavy atom. The van der Waals surface area contributed by atoms with Gasteiger partial charge < -0.3 is 19.1 Å². The first-order valence-electron chi connectivity index (χ1n) is 12.7. The lowest BCUT2D eigenvalue weighted by atomic mass is 9.79. The molecule has 0 N–H and O–H groups in total. The molecule has 0 radical (unpaired) electrons. The van der Waals surface area contributed by atoms with Gasteiger partial charge in [0.1, 0.15) is 5.82 Å². The molecule has 2 aliphatic heterocycles. The van der Waals surface area contributed by atoms with Crippen LogP contribution in [0.2, 0.25) is 0 Å². The van der Waals surface area contributed by atoms with Gasteiger partial charge in [0, 0.05) is 25.1 Å². The zero-order valence-corrected chi connectivity index (χ0v) is 21.5. The van der Waals surface area contributed by atoms with E-state index in [4.69, 9.17) is 14.2 Å². The molecular weight excluding hydrogens is 531 g/mol. The molecule has 1 amide bonds. The number of amides is 1. The summed E-state index contributed by atoms with van der Waals surface area (Å²) in [6, 6.07) is 7.87. The van der Waals surface area contributed by atoms with Crippen LogP contribution in [0, 0.1) is 17.5 Å². The molecule has 3 atom stereocenters. The van der Waals surface area contributed by atoms with Crippen molar-refractivity contribution in [3.63, 3.8) is 0 Å². The number of rotatable bonds is 9. The van der Waals surface area contributed by atoms with E-state index >= 15 is 4.39 Å². The van der Waals surface area contributed by atoms with Crippen molar-refractivity contribution >= 4 is 11.9 Å². The van der Waals surface area contributed by atoms with Gasteiger partial charge in [0.05, 0.1) is 31.3 Å². The maximum Gasteiger partial charge on any atom is 0.311 e. The third-order valence-electron chi connectivity index (χ3n) is 7.21. The molecule has 0 bridgehead atoms. The summed E-state index contributed by atoms with van der Waals surface area (Å²) in [7, 11) is 1.43. The van der Waals surface area contributed by atoms with Gasteiger partial charge in [-0.05, 0) is 36.6 Å². The number of hydrogen-bond acceptors (Lipinski definition) is 7. The first-order valence-corrected chi connectivity index (χ1v) is 12.7. The predicted molar refractivity (Wildman–Crippen MR) is 134 cm³/mol. The van der Waals surface area contributed by atoms with Gasteiger partial charge in [0.15, 0.2) is 17.3 Å². The standard InChI is InChI=1S/C28H26F3N3O6/c1-38-12-10-22(36)39-15-40-27-21(35)14-32-34-25(20-9-4-11-33(20)28(37)26(27)34)23(16-5-2-6-17(29)13-16)18-7-3-8-19(30)24(18)31/h2-3,5-8,13-14,20,23,25H,4,9-12,15H2,1H3/t20-,23-,25-/m1/s1. The summed E-state index contributed by atoms with van der Waals surface area (Å²) in [4.78, 5) is 39.9. The summed E-state index contributed by atoms with van der Waals surface area (Å²) < 4.78 is 60.9. The van der Waals surface area contributed by atoms with E-state index < -0.39 is 65.3 Å². The van der Waals surface area contributed by atoms with Gasteiger partial charge in [0.2, 0.25) is 18.0 Å². The summed E-state index contributed by atoms with van der Waals surface area (Å²) in [6.07, 6.45) is 2.03. The third-order valence-corrected chi connectivity index (χ3v) is 7.21. The van der Waals surface area contributed by atoms with Gasteiger partial charge in [0.25, 0.3) is 5.91 Å². The minimum atomic E-state index is -1.11. The fraction of sp³-hybridized carbons (Fsp3) is 0.357. The van der Waals surface area contributed by atoms with E-state index in [1.54, 1.807) is 11.0 Å². The SMILES string of the molecule is COCCC(=O)OCOc1c2n(ncc1=O)[C@@H]([C@H](c1cccc(F)c1)c1cccc(F)c1F)[C@H]1CCCN1C2=O. The molecule has 1 aromatic heterocycles. The topological polar surface area (TPSA) is 100.0 Å². The Balaban J connectivity index is 1.64. The van der Waals surface area contributed by atoms with Crippen LogP contribution in [0.3, 0.4) is 0 Å². The Labute approximate surface area is 227 Å². The highest BCUT2D eigenvalue weighted by Crippen LogP contribution is 2.46. The molecule has 3 heterocycles. The maximum absolute atomic E-state index is 15.4. The Morgan fingerprint density at radius 3 is 2.73 bits per heavy atom. The van der Waals surface area contributed by atoms with Crippen molar-refractivity contribution in [3.05, 3.63) is 93.2 Å². The lowest BCUT2D eigenvalue weighted by molar-refractivity contribution is -0.151. The van der Waals surface area contributed by atoms with Crippen LogP contribution in [-0.4, -0.2) is 59.7 Å². The highest BCUT2D eigenvalue weighted by Gasteiger charge is 2.49. The van der Waals surface area contributed by atoms with Gasteiger partial charge in [-0.2, -0.15) is 5.10 Å². The average molecular weight is 558 g/mol. The summed E-state index contributed by atoms with van der Waals surface area (Å²) in [5.41, 5.74) is -0.681. The van der Waals surface area contributed by atoms with Crippen LogP contribution in [-0.2, 0) is 14.3 Å². The molecule has 0 saturated carbocycles. The summed E-state index contributed by atoms with van der Waals surface area (Å²) >= 11 is 0. The van der Waals surface area contributed by atoms with Crippen molar-refractivity contribution in [2.24, 2.45) is 0 Å². The van der Waals surface area contributed by atoms with Crippen molar-refractivity contribution in [1.82, 2.24) is 14.7 Å². The van der Waals surface area contributed by atoms with Crippen LogP contribution < -0.4 is 10.2 Å². The summed E-state index contributed by atoms with van der Waals surface area (Å²) in [5.74, 6) is -5.35. The van der Waals surface area contributed by atoms with E-state index in [1.807, 2.05) is 0 Å². The number of carbonyl (C=O) groups excluding carboxylic acids is 2. The van der Waals surface area contributed by atoms with Crippen LogP contribution in [0.15, 0.2) is 53.5 Å². The van der Waals surface area contributed by atoms with Gasteiger partial charge >= 0.3 is 5.97 Å². The summed E-state index contributed by atoms with van der Waals surface area (Å²) in [6.45, 7) is -0.182. The average Bonchev–Trinajstić information content (AvgIpc) is 3.43. The monoisotopic (exact) mass is 557 g/mol. The fourth-order valence-corrected chi connectivity index (χ4v) is 5.51. The molecular formula is C28H26F3N3O6. The quantitative estimate of drug-likeness (QED) is 0.293. The predicted octanol–water partition coefficient (Wildman–Crippen LogP) is 3.57. The van der Waals surface area contributed by atoms with Crippen LogP contribution in [0.25, 0.3) is 0 Å². The lowest BCUT2D eigenvalue weighted by Crippen LogP contribution is -2.51. The number of ether oxygens (including phenoxy) is 3. The molecule has 40 heavy (non-hydrogen) atoms. The largest absolute Gasteiger partial charge is 0.451 e. The number of halogens is 3. The number of fused-ring (bicyclic) bond motifs is 2. The van der Waals surface area contributed by atoms with Gasteiger partial charge in [-0.3, -0.25) is 19.1 Å². The number of esters is 1. The molecule has 2 aromatic carbocycles. The molecule has 9 nitrogen and oxygen atoms in total. The van der Waals surface area contributed by atoms with Crippen molar-refractivity contribution in [1.29, 1.82) is 0 Å². The number of carbonyl (C=O) groups is 2. The number of aromatic nitrogens is 2. The Kier molecular flexibility index (Phi) is 7.88. The first-order chi connectivity index (χ1) is 19.3. The number of benzene rings is 2. The normalized spacial score (nSPS) is 18.7. The third kappa shape index (κ3) is 5.06. The molecule has 3 aromatic rings. The molecule has 2 aliphatic rings. The van der Waals surface area contributed by atoms with E-state index in [-0.39, 0.29) is 24.3 Å². The first kappa shape index (κ1) is 27.4. The van der Waals surface area contributed by atoms with Gasteiger partial charge in [-0.15, -0.1) is 0 Å². The molecule has 12 heteroatoms. The minimum absolute atomic E-state index is 0.0434. The molecule has 0 unspecified atom stereocenters.